The molecule has 0 unspecified atom stereocenters. The van der Waals surface area contributed by atoms with E-state index in [4.69, 9.17) is 49.6 Å². The molecule has 12 nitrogen and oxygen atoms in total. The molecule has 1 saturated heterocycles. The van der Waals surface area contributed by atoms with Crippen molar-refractivity contribution in [2.24, 2.45) is 0 Å². The Bertz CT molecular complexity index is 998. The summed E-state index contributed by atoms with van der Waals surface area (Å²) in [5, 5.41) is 30.9. The van der Waals surface area contributed by atoms with E-state index in [9.17, 15) is 0 Å². The molecular weight excluding hydrogens is 456 g/mol. The van der Waals surface area contributed by atoms with Gasteiger partial charge in [0.15, 0.2) is 0 Å². The molecule has 1 aliphatic carbocycles. The second-order valence-corrected chi connectivity index (χ2v) is 8.45. The van der Waals surface area contributed by atoms with E-state index >= 15 is 0 Å². The van der Waals surface area contributed by atoms with Crippen LogP contribution in [0.3, 0.4) is 0 Å². The van der Waals surface area contributed by atoms with Crippen LogP contribution in [-0.2, 0) is 38.4 Å². The lowest BCUT2D eigenvalue weighted by Crippen LogP contribution is -2.45. The van der Waals surface area contributed by atoms with Crippen molar-refractivity contribution in [1.82, 2.24) is 14.9 Å². The topological polar surface area (TPSA) is 181 Å². The van der Waals surface area contributed by atoms with Gasteiger partial charge >= 0.3 is 23.9 Å². The van der Waals surface area contributed by atoms with Gasteiger partial charge in [0.25, 0.3) is 0 Å². The quantitative estimate of drug-likeness (QED) is 0.443. The number of carboxylic acid groups (broad SMARTS) is 4. The Kier molecular flexibility index (Phi) is 9.05. The molecule has 3 heterocycles. The highest BCUT2D eigenvalue weighted by Gasteiger charge is 2.25. The number of likely N-dealkylation sites (N-methyl/N-ethyl adjacent to an activating group) is 1. The summed E-state index contributed by atoms with van der Waals surface area (Å²) in [5.74, 6) is -5.09. The lowest BCUT2D eigenvalue weighted by Gasteiger charge is -2.33. The molecule has 0 atom stereocenters. The van der Waals surface area contributed by atoms with Crippen LogP contribution in [-0.4, -0.2) is 92.4 Å². The predicted molar refractivity (Wildman–Crippen MR) is 119 cm³/mol. The first kappa shape index (κ1) is 25.9. The highest BCUT2D eigenvalue weighted by molar-refractivity contribution is 7.19. The van der Waals surface area contributed by atoms with Crippen molar-refractivity contribution in [1.29, 1.82) is 0 Å². The number of hydrogen-bond donors (Lipinski definition) is 4. The first-order chi connectivity index (χ1) is 15.5. The van der Waals surface area contributed by atoms with Crippen LogP contribution in [0.4, 0.5) is 5.82 Å². The van der Waals surface area contributed by atoms with Gasteiger partial charge in [-0.25, -0.2) is 29.1 Å². The van der Waals surface area contributed by atoms with E-state index in [0.717, 1.165) is 38.4 Å². The van der Waals surface area contributed by atoms with E-state index in [1.165, 1.54) is 35.3 Å². The molecule has 33 heavy (non-hydrogen) atoms. The summed E-state index contributed by atoms with van der Waals surface area (Å²) in [6, 6.07) is 0. The Morgan fingerprint density at radius 1 is 0.879 bits per heavy atom. The fourth-order valence-electron chi connectivity index (χ4n) is 3.42. The second kappa shape index (κ2) is 11.5. The first-order valence-corrected chi connectivity index (χ1v) is 11.0. The van der Waals surface area contributed by atoms with Gasteiger partial charge in [-0.3, -0.25) is 0 Å². The van der Waals surface area contributed by atoms with E-state index < -0.39 is 23.9 Å². The number of carbonyl (C=O) groups is 4. The molecule has 1 aliphatic heterocycles. The zero-order valence-corrected chi connectivity index (χ0v) is 19.1. The van der Waals surface area contributed by atoms with E-state index in [-0.39, 0.29) is 0 Å². The maximum atomic E-state index is 9.10. The SMILES string of the molecule is CCc1nc(N2CCN(C)CC2)c2c3c(sc2n1)CCC3.O=C(O)C(=O)O.O=C(O)C(=O)O. The standard InChI is InChI=1S/C16H22N4S.2C2H2O4/c1-3-13-17-15(20-9-7-19(2)8-10-20)14-11-5-4-6-12(11)21-16(14)18-13;2*3-1(4)2(5)6/h3-10H2,1-2H3;2*(H,3,4)(H,5,6). The minimum absolute atomic E-state index is 0.916. The van der Waals surface area contributed by atoms with Gasteiger partial charge in [0, 0.05) is 37.5 Å². The van der Waals surface area contributed by atoms with Gasteiger partial charge in [0.2, 0.25) is 0 Å². The van der Waals surface area contributed by atoms with Crippen LogP contribution in [0, 0.1) is 0 Å². The Morgan fingerprint density at radius 3 is 1.91 bits per heavy atom. The van der Waals surface area contributed by atoms with Crippen LogP contribution in [0.25, 0.3) is 10.2 Å². The Hall–Kier alpha value is -3.32. The van der Waals surface area contributed by atoms with Crippen LogP contribution in [0.2, 0.25) is 0 Å². The van der Waals surface area contributed by atoms with Crippen molar-refractivity contribution < 1.29 is 39.6 Å². The monoisotopic (exact) mass is 482 g/mol. The Balaban J connectivity index is 0.000000269. The summed E-state index contributed by atoms with van der Waals surface area (Å²) in [6.07, 6.45) is 4.67. The number of hydrogen-bond acceptors (Lipinski definition) is 9. The molecule has 2 aliphatic rings. The van der Waals surface area contributed by atoms with Gasteiger partial charge in [-0.2, -0.15) is 0 Å². The molecule has 0 aromatic carbocycles. The minimum Gasteiger partial charge on any atom is -0.473 e. The van der Waals surface area contributed by atoms with E-state index in [1.807, 2.05) is 11.3 Å². The first-order valence-electron chi connectivity index (χ1n) is 10.2. The highest BCUT2D eigenvalue weighted by Crippen LogP contribution is 2.40. The number of thiophene rings is 1. The predicted octanol–water partition coefficient (Wildman–Crippen LogP) is 0.805. The molecule has 4 rings (SSSR count). The zero-order valence-electron chi connectivity index (χ0n) is 18.3. The lowest BCUT2D eigenvalue weighted by molar-refractivity contribution is -0.159. The summed E-state index contributed by atoms with van der Waals surface area (Å²) in [4.78, 5) is 53.8. The molecule has 1 fully saturated rings. The van der Waals surface area contributed by atoms with Crippen LogP contribution in [0.1, 0.15) is 29.6 Å². The molecule has 180 valence electrons. The number of aliphatic carboxylic acids is 4. The number of carboxylic acids is 4. The van der Waals surface area contributed by atoms with Gasteiger partial charge in [-0.15, -0.1) is 11.3 Å². The number of fused-ring (bicyclic) bond motifs is 3. The van der Waals surface area contributed by atoms with E-state index in [1.54, 1.807) is 10.4 Å². The van der Waals surface area contributed by atoms with Crippen molar-refractivity contribution in [2.45, 2.75) is 32.6 Å². The third kappa shape index (κ3) is 6.83. The average molecular weight is 483 g/mol. The van der Waals surface area contributed by atoms with Crippen LogP contribution in [0.15, 0.2) is 0 Å². The average Bonchev–Trinajstić information content (AvgIpc) is 3.35. The molecule has 0 bridgehead atoms. The third-order valence-corrected chi connectivity index (χ3v) is 6.26. The number of nitrogens with zero attached hydrogens (tertiary/aromatic N) is 4. The zero-order chi connectivity index (χ0) is 24.7. The molecular formula is C20H26N4O8S. The molecule has 0 amide bonds. The number of aromatic nitrogens is 2. The van der Waals surface area contributed by atoms with Crippen LogP contribution >= 0.6 is 11.3 Å². The minimum atomic E-state index is -1.82. The summed E-state index contributed by atoms with van der Waals surface area (Å²) in [7, 11) is 2.20. The van der Waals surface area contributed by atoms with Crippen molar-refractivity contribution in [3.8, 4) is 0 Å². The van der Waals surface area contributed by atoms with Gasteiger partial charge in [-0.1, -0.05) is 6.92 Å². The van der Waals surface area contributed by atoms with Gasteiger partial charge in [0.05, 0.1) is 5.39 Å². The molecule has 0 saturated carbocycles. The number of aryl methyl sites for hydroxylation is 3. The van der Waals surface area contributed by atoms with Crippen molar-refractivity contribution >= 4 is 51.2 Å². The Labute approximate surface area is 193 Å². The summed E-state index contributed by atoms with van der Waals surface area (Å²) >= 11 is 1.91. The second-order valence-electron chi connectivity index (χ2n) is 7.37. The highest BCUT2D eigenvalue weighted by atomic mass is 32.1. The molecule has 0 spiro atoms. The fourth-order valence-corrected chi connectivity index (χ4v) is 4.70. The fraction of sp³-hybridized carbons (Fsp3) is 0.500. The number of piperazine rings is 1. The maximum Gasteiger partial charge on any atom is 0.414 e. The van der Waals surface area contributed by atoms with Crippen molar-refractivity contribution in [3.63, 3.8) is 0 Å². The third-order valence-electron chi connectivity index (χ3n) is 5.08. The largest absolute Gasteiger partial charge is 0.473 e. The normalized spacial score (nSPS) is 15.0. The maximum absolute atomic E-state index is 9.10. The van der Waals surface area contributed by atoms with Crippen molar-refractivity contribution in [3.05, 3.63) is 16.3 Å². The number of rotatable bonds is 2. The number of anilines is 1. The summed E-state index contributed by atoms with van der Waals surface area (Å²) < 4.78 is 0. The summed E-state index contributed by atoms with van der Waals surface area (Å²) in [5.41, 5.74) is 1.55. The lowest BCUT2D eigenvalue weighted by atomic mass is 10.1. The van der Waals surface area contributed by atoms with Gasteiger partial charge in [-0.05, 0) is 31.9 Å². The molecule has 4 N–H and O–H groups in total. The van der Waals surface area contributed by atoms with Crippen LogP contribution < -0.4 is 4.90 Å². The van der Waals surface area contributed by atoms with Gasteiger partial charge < -0.3 is 30.2 Å². The Morgan fingerprint density at radius 2 is 1.42 bits per heavy atom. The van der Waals surface area contributed by atoms with Gasteiger partial charge in [0.1, 0.15) is 16.5 Å². The molecule has 13 heteroatoms. The summed E-state index contributed by atoms with van der Waals surface area (Å²) in [6.45, 7) is 6.56. The van der Waals surface area contributed by atoms with Crippen molar-refractivity contribution in [2.75, 3.05) is 38.1 Å². The molecule has 2 aromatic rings. The molecule has 0 radical (unpaired) electrons. The van der Waals surface area contributed by atoms with E-state index in [2.05, 4.69) is 23.8 Å². The smallest absolute Gasteiger partial charge is 0.414 e. The van der Waals surface area contributed by atoms with Crippen LogP contribution in [0.5, 0.6) is 0 Å². The van der Waals surface area contributed by atoms with E-state index in [0.29, 0.717) is 0 Å². The molecule has 2 aromatic heterocycles.